The maximum Gasteiger partial charge on any atom is 0.271 e. The summed E-state index contributed by atoms with van der Waals surface area (Å²) in [6.07, 6.45) is 4.94. The summed E-state index contributed by atoms with van der Waals surface area (Å²) in [6.45, 7) is 0. The third-order valence-corrected chi connectivity index (χ3v) is 3.08. The van der Waals surface area contributed by atoms with Crippen LogP contribution < -0.4 is 10.5 Å². The smallest absolute Gasteiger partial charge is 0.271 e. The van der Waals surface area contributed by atoms with Gasteiger partial charge in [-0.05, 0) is 19.3 Å². The van der Waals surface area contributed by atoms with E-state index in [0.717, 1.165) is 12.8 Å². The van der Waals surface area contributed by atoms with Gasteiger partial charge in [-0.3, -0.25) is 4.79 Å². The van der Waals surface area contributed by atoms with Gasteiger partial charge < -0.3 is 9.88 Å². The van der Waals surface area contributed by atoms with Gasteiger partial charge in [0.05, 0.1) is 6.33 Å². The molecule has 0 bridgehead atoms. The first-order valence-electron chi connectivity index (χ1n) is 4.66. The molecule has 0 aromatic carbocycles. The van der Waals surface area contributed by atoms with E-state index in [9.17, 15) is 4.79 Å². The third-order valence-electron chi connectivity index (χ3n) is 2.73. The van der Waals surface area contributed by atoms with Gasteiger partial charge in [0.25, 0.3) is 5.56 Å². The van der Waals surface area contributed by atoms with E-state index in [1.807, 2.05) is 11.9 Å². The number of nitrogens with one attached hydrogen (secondary N) is 1. The molecule has 14 heavy (non-hydrogen) atoms. The number of nitrogens with zero attached hydrogens (tertiary/aromatic N) is 2. The van der Waals surface area contributed by atoms with E-state index in [2.05, 4.69) is 9.97 Å². The summed E-state index contributed by atoms with van der Waals surface area (Å²) < 4.78 is 0. The van der Waals surface area contributed by atoms with Crippen molar-refractivity contribution in [1.29, 1.82) is 0 Å². The summed E-state index contributed by atoms with van der Waals surface area (Å²) in [5, 5.41) is 0.182. The van der Waals surface area contributed by atoms with Crippen LogP contribution in [0.4, 0.5) is 5.82 Å². The second-order valence-corrected chi connectivity index (χ2v) is 3.94. The molecule has 2 rings (SSSR count). The SMILES string of the molecule is CN(c1nc[nH]c(=O)c1Cl)C1CCC1. The maximum atomic E-state index is 11.2. The number of H-pyrrole nitrogens is 1. The molecule has 0 unspecified atom stereocenters. The average Bonchev–Trinajstić information content (AvgIpc) is 2.06. The molecule has 0 atom stereocenters. The monoisotopic (exact) mass is 213 g/mol. The van der Waals surface area contributed by atoms with Gasteiger partial charge in [0.1, 0.15) is 5.02 Å². The molecule has 1 heterocycles. The molecule has 1 saturated carbocycles. The minimum absolute atomic E-state index is 0.182. The molecule has 4 nitrogen and oxygen atoms in total. The van der Waals surface area contributed by atoms with Crippen LogP contribution in [-0.2, 0) is 0 Å². The van der Waals surface area contributed by atoms with Crippen LogP contribution >= 0.6 is 11.6 Å². The zero-order chi connectivity index (χ0) is 10.1. The van der Waals surface area contributed by atoms with Gasteiger partial charge in [0.15, 0.2) is 5.82 Å². The number of hydrogen-bond acceptors (Lipinski definition) is 3. The molecule has 0 saturated heterocycles. The Balaban J connectivity index is 2.30. The fourth-order valence-electron chi connectivity index (χ4n) is 1.57. The Kier molecular flexibility index (Phi) is 2.46. The molecule has 5 heteroatoms. The van der Waals surface area contributed by atoms with E-state index in [-0.39, 0.29) is 10.6 Å². The van der Waals surface area contributed by atoms with Crippen LogP contribution in [0.1, 0.15) is 19.3 Å². The highest BCUT2D eigenvalue weighted by molar-refractivity contribution is 6.32. The largest absolute Gasteiger partial charge is 0.355 e. The normalized spacial score (nSPS) is 16.4. The van der Waals surface area contributed by atoms with Gasteiger partial charge in [0, 0.05) is 13.1 Å². The van der Waals surface area contributed by atoms with E-state index in [1.54, 1.807) is 0 Å². The topological polar surface area (TPSA) is 49.0 Å². The predicted molar refractivity (Wildman–Crippen MR) is 55.9 cm³/mol. The lowest BCUT2D eigenvalue weighted by Crippen LogP contribution is -2.38. The van der Waals surface area contributed by atoms with Crippen molar-refractivity contribution in [2.24, 2.45) is 0 Å². The van der Waals surface area contributed by atoms with Gasteiger partial charge in [-0.2, -0.15) is 0 Å². The lowest BCUT2D eigenvalue weighted by atomic mass is 9.92. The standard InChI is InChI=1S/C9H12ClN3O/c1-13(6-3-2-4-6)8-7(10)9(14)12-5-11-8/h5-6H,2-4H2,1H3,(H,11,12,14). The van der Waals surface area contributed by atoms with Crippen molar-refractivity contribution in [3.05, 3.63) is 21.7 Å². The first-order chi connectivity index (χ1) is 6.70. The third kappa shape index (κ3) is 1.50. The Labute approximate surface area is 86.9 Å². The molecule has 76 valence electrons. The summed E-state index contributed by atoms with van der Waals surface area (Å²) >= 11 is 5.87. The predicted octanol–water partition coefficient (Wildman–Crippen LogP) is 1.41. The summed E-state index contributed by atoms with van der Waals surface area (Å²) in [4.78, 5) is 19.7. The first-order valence-corrected chi connectivity index (χ1v) is 5.04. The molecule has 1 N–H and O–H groups in total. The number of anilines is 1. The van der Waals surface area contributed by atoms with Crippen molar-refractivity contribution in [3.63, 3.8) is 0 Å². The van der Waals surface area contributed by atoms with Crippen LogP contribution in [-0.4, -0.2) is 23.1 Å². The minimum atomic E-state index is -0.275. The van der Waals surface area contributed by atoms with Gasteiger partial charge in [-0.1, -0.05) is 11.6 Å². The molecular weight excluding hydrogens is 202 g/mol. The molecule has 1 aromatic heterocycles. The summed E-state index contributed by atoms with van der Waals surface area (Å²) in [7, 11) is 1.93. The molecule has 1 aliphatic rings. The van der Waals surface area contributed by atoms with E-state index in [0.29, 0.717) is 11.9 Å². The zero-order valence-corrected chi connectivity index (χ0v) is 8.71. The summed E-state index contributed by atoms with van der Waals surface area (Å²) in [5.41, 5.74) is -0.275. The van der Waals surface area contributed by atoms with Gasteiger partial charge >= 0.3 is 0 Å². The molecule has 1 aromatic rings. The van der Waals surface area contributed by atoms with Crippen molar-refractivity contribution < 1.29 is 0 Å². The number of rotatable bonds is 2. The maximum absolute atomic E-state index is 11.2. The molecule has 0 amide bonds. The van der Waals surface area contributed by atoms with Crippen molar-refractivity contribution in [2.45, 2.75) is 25.3 Å². The zero-order valence-electron chi connectivity index (χ0n) is 7.96. The Morgan fingerprint density at radius 2 is 2.36 bits per heavy atom. The quantitative estimate of drug-likeness (QED) is 0.808. The van der Waals surface area contributed by atoms with E-state index < -0.39 is 0 Å². The number of hydrogen-bond donors (Lipinski definition) is 1. The fraction of sp³-hybridized carbons (Fsp3) is 0.556. The Hall–Kier alpha value is -1.03. The Morgan fingerprint density at radius 1 is 1.64 bits per heavy atom. The number of aromatic amines is 1. The first kappa shape index (κ1) is 9.52. The van der Waals surface area contributed by atoms with Crippen LogP contribution in [0.3, 0.4) is 0 Å². The molecule has 0 radical (unpaired) electrons. The molecule has 1 fully saturated rings. The van der Waals surface area contributed by atoms with E-state index >= 15 is 0 Å². The van der Waals surface area contributed by atoms with E-state index in [1.165, 1.54) is 12.7 Å². The highest BCUT2D eigenvalue weighted by Crippen LogP contribution is 2.29. The molecule has 0 aliphatic heterocycles. The second kappa shape index (κ2) is 3.61. The van der Waals surface area contributed by atoms with Crippen molar-refractivity contribution in [2.75, 3.05) is 11.9 Å². The minimum Gasteiger partial charge on any atom is -0.355 e. The van der Waals surface area contributed by atoms with Crippen LogP contribution in [0.5, 0.6) is 0 Å². The lowest BCUT2D eigenvalue weighted by molar-refractivity contribution is 0.399. The number of halogens is 1. The Bertz CT molecular complexity index is 386. The summed E-state index contributed by atoms with van der Waals surface area (Å²) in [6, 6.07) is 0.488. The van der Waals surface area contributed by atoms with Crippen molar-refractivity contribution in [3.8, 4) is 0 Å². The van der Waals surface area contributed by atoms with Gasteiger partial charge in [-0.15, -0.1) is 0 Å². The summed E-state index contributed by atoms with van der Waals surface area (Å²) in [5.74, 6) is 0.583. The highest BCUT2D eigenvalue weighted by Gasteiger charge is 2.24. The number of aromatic nitrogens is 2. The fourth-order valence-corrected chi connectivity index (χ4v) is 1.80. The second-order valence-electron chi connectivity index (χ2n) is 3.56. The van der Waals surface area contributed by atoms with Crippen molar-refractivity contribution >= 4 is 17.4 Å². The van der Waals surface area contributed by atoms with Crippen molar-refractivity contribution in [1.82, 2.24) is 9.97 Å². The van der Waals surface area contributed by atoms with Crippen LogP contribution in [0.25, 0.3) is 0 Å². The molecule has 1 aliphatic carbocycles. The highest BCUT2D eigenvalue weighted by atomic mass is 35.5. The average molecular weight is 214 g/mol. The van der Waals surface area contributed by atoms with Crippen LogP contribution in [0.2, 0.25) is 5.02 Å². The Morgan fingerprint density at radius 3 is 2.93 bits per heavy atom. The van der Waals surface area contributed by atoms with Crippen LogP contribution in [0, 0.1) is 0 Å². The molecular formula is C9H12ClN3O. The van der Waals surface area contributed by atoms with E-state index in [4.69, 9.17) is 11.6 Å². The van der Waals surface area contributed by atoms with Gasteiger partial charge in [-0.25, -0.2) is 4.98 Å². The van der Waals surface area contributed by atoms with Gasteiger partial charge in [0.2, 0.25) is 0 Å². The van der Waals surface area contributed by atoms with Crippen LogP contribution in [0.15, 0.2) is 11.1 Å². The lowest BCUT2D eigenvalue weighted by Gasteiger charge is -2.35. The molecule has 0 spiro atoms.